The summed E-state index contributed by atoms with van der Waals surface area (Å²) in [4.78, 5) is 14.9. The molecule has 1 unspecified atom stereocenters. The van der Waals surface area contributed by atoms with E-state index in [2.05, 4.69) is 23.2 Å². The molecule has 4 heteroatoms. The second-order valence-corrected chi connectivity index (χ2v) is 7.82. The number of carbonyl (C=O) groups excluding carboxylic acids is 1. The molecule has 3 aliphatic heterocycles. The molecule has 1 aromatic carbocycles. The molecule has 1 fully saturated rings. The van der Waals surface area contributed by atoms with Gasteiger partial charge in [0.05, 0.1) is 11.1 Å². The van der Waals surface area contributed by atoms with Gasteiger partial charge in [-0.05, 0) is 57.8 Å². The SMILES string of the molecule is Cc1cc2c(c3c1NC(=O)C3(C)C)OC(CN1CCCCC1)C2. The molecular formula is C19H26N2O2. The minimum absolute atomic E-state index is 0.0760. The predicted octanol–water partition coefficient (Wildman–Crippen LogP) is 3.01. The molecule has 4 nitrogen and oxygen atoms in total. The first-order valence-electron chi connectivity index (χ1n) is 8.84. The topological polar surface area (TPSA) is 41.6 Å². The molecule has 3 heterocycles. The Hall–Kier alpha value is -1.55. The van der Waals surface area contributed by atoms with Crippen molar-refractivity contribution in [3.05, 3.63) is 22.8 Å². The fraction of sp³-hybridized carbons (Fsp3) is 0.632. The van der Waals surface area contributed by atoms with Crippen LogP contribution in [-0.2, 0) is 16.6 Å². The average molecular weight is 314 g/mol. The standard InChI is InChI=1S/C19H26N2O2/c1-12-9-13-10-14(11-21-7-5-4-6-8-21)23-17(13)15-16(12)20-18(22)19(15,2)3/h9,14H,4-8,10-11H2,1-3H3,(H,20,22). The number of hydrogen-bond acceptors (Lipinski definition) is 3. The summed E-state index contributed by atoms with van der Waals surface area (Å²) >= 11 is 0. The van der Waals surface area contributed by atoms with Crippen molar-refractivity contribution in [2.24, 2.45) is 0 Å². The third-order valence-electron chi connectivity index (χ3n) is 5.63. The van der Waals surface area contributed by atoms with Gasteiger partial charge >= 0.3 is 0 Å². The Morgan fingerprint density at radius 1 is 1.30 bits per heavy atom. The second-order valence-electron chi connectivity index (χ2n) is 7.82. The average Bonchev–Trinajstić information content (AvgIpc) is 2.99. The van der Waals surface area contributed by atoms with Crippen LogP contribution in [0.1, 0.15) is 49.8 Å². The molecule has 0 bridgehead atoms. The van der Waals surface area contributed by atoms with Crippen LogP contribution in [0, 0.1) is 6.92 Å². The lowest BCUT2D eigenvalue weighted by atomic mass is 9.83. The van der Waals surface area contributed by atoms with Gasteiger partial charge in [-0.1, -0.05) is 12.5 Å². The number of fused-ring (bicyclic) bond motifs is 3. The maximum atomic E-state index is 12.3. The summed E-state index contributed by atoms with van der Waals surface area (Å²) in [5, 5.41) is 3.05. The molecule has 0 aromatic heterocycles. The van der Waals surface area contributed by atoms with E-state index < -0.39 is 5.41 Å². The molecule has 1 atom stereocenters. The second kappa shape index (κ2) is 5.23. The quantitative estimate of drug-likeness (QED) is 0.912. The van der Waals surface area contributed by atoms with Gasteiger partial charge in [0.25, 0.3) is 0 Å². The van der Waals surface area contributed by atoms with Crippen molar-refractivity contribution in [3.8, 4) is 5.75 Å². The van der Waals surface area contributed by atoms with Crippen molar-refractivity contribution >= 4 is 11.6 Å². The summed E-state index contributed by atoms with van der Waals surface area (Å²) in [6.07, 6.45) is 5.15. The first-order chi connectivity index (χ1) is 11.0. The molecule has 0 radical (unpaired) electrons. The van der Waals surface area contributed by atoms with Crippen LogP contribution in [-0.4, -0.2) is 36.5 Å². The van der Waals surface area contributed by atoms with Gasteiger partial charge in [0, 0.05) is 18.5 Å². The number of aryl methyl sites for hydroxylation is 1. The minimum atomic E-state index is -0.508. The van der Waals surface area contributed by atoms with Crippen molar-refractivity contribution < 1.29 is 9.53 Å². The number of piperidine rings is 1. The fourth-order valence-electron chi connectivity index (χ4n) is 4.28. The van der Waals surface area contributed by atoms with Crippen LogP contribution < -0.4 is 10.1 Å². The molecule has 1 N–H and O–H groups in total. The summed E-state index contributed by atoms with van der Waals surface area (Å²) in [7, 11) is 0. The van der Waals surface area contributed by atoms with Crippen molar-refractivity contribution in [1.29, 1.82) is 0 Å². The third kappa shape index (κ3) is 2.35. The Kier molecular flexibility index (Phi) is 3.41. The van der Waals surface area contributed by atoms with Gasteiger partial charge in [0.2, 0.25) is 5.91 Å². The monoisotopic (exact) mass is 314 g/mol. The number of benzene rings is 1. The van der Waals surface area contributed by atoms with Crippen molar-refractivity contribution in [2.45, 2.75) is 58.0 Å². The number of likely N-dealkylation sites (tertiary alicyclic amines) is 1. The summed E-state index contributed by atoms with van der Waals surface area (Å²) in [5.74, 6) is 1.04. The van der Waals surface area contributed by atoms with Gasteiger partial charge in [-0.2, -0.15) is 0 Å². The lowest BCUT2D eigenvalue weighted by Gasteiger charge is -2.28. The zero-order valence-corrected chi connectivity index (χ0v) is 14.4. The molecule has 1 saturated heterocycles. The van der Waals surface area contributed by atoms with Gasteiger partial charge in [0.15, 0.2) is 0 Å². The van der Waals surface area contributed by atoms with Crippen LogP contribution >= 0.6 is 0 Å². The van der Waals surface area contributed by atoms with E-state index in [1.54, 1.807) is 0 Å². The molecule has 3 aliphatic rings. The van der Waals surface area contributed by atoms with Gasteiger partial charge in [-0.3, -0.25) is 9.69 Å². The smallest absolute Gasteiger partial charge is 0.234 e. The van der Waals surface area contributed by atoms with Crippen LogP contribution in [0.5, 0.6) is 5.75 Å². The molecule has 23 heavy (non-hydrogen) atoms. The highest BCUT2D eigenvalue weighted by molar-refractivity contribution is 6.07. The van der Waals surface area contributed by atoms with E-state index in [0.717, 1.165) is 35.5 Å². The Bertz CT molecular complexity index is 660. The van der Waals surface area contributed by atoms with E-state index in [4.69, 9.17) is 4.74 Å². The number of rotatable bonds is 2. The Labute approximate surface area is 138 Å². The molecule has 1 amide bonds. The molecule has 0 spiro atoms. The van der Waals surface area contributed by atoms with Crippen LogP contribution in [0.25, 0.3) is 0 Å². The van der Waals surface area contributed by atoms with Gasteiger partial charge in [-0.15, -0.1) is 0 Å². The first-order valence-corrected chi connectivity index (χ1v) is 8.84. The third-order valence-corrected chi connectivity index (χ3v) is 5.63. The number of nitrogens with one attached hydrogen (secondary N) is 1. The minimum Gasteiger partial charge on any atom is -0.488 e. The lowest BCUT2D eigenvalue weighted by molar-refractivity contribution is -0.119. The lowest BCUT2D eigenvalue weighted by Crippen LogP contribution is -2.38. The Balaban J connectivity index is 1.62. The van der Waals surface area contributed by atoms with E-state index in [9.17, 15) is 4.79 Å². The maximum absolute atomic E-state index is 12.3. The summed E-state index contributed by atoms with van der Waals surface area (Å²) in [6.45, 7) is 9.46. The molecule has 1 aromatic rings. The van der Waals surface area contributed by atoms with E-state index in [-0.39, 0.29) is 12.0 Å². The molecule has 4 rings (SSSR count). The van der Waals surface area contributed by atoms with E-state index in [1.807, 2.05) is 13.8 Å². The molecule has 124 valence electrons. The molecule has 0 saturated carbocycles. The number of nitrogens with zero attached hydrogens (tertiary/aromatic N) is 1. The number of ether oxygens (including phenoxy) is 1. The van der Waals surface area contributed by atoms with E-state index in [1.165, 1.54) is 37.9 Å². The van der Waals surface area contributed by atoms with Crippen LogP contribution in [0.2, 0.25) is 0 Å². The number of anilines is 1. The van der Waals surface area contributed by atoms with Crippen molar-refractivity contribution in [3.63, 3.8) is 0 Å². The van der Waals surface area contributed by atoms with Gasteiger partial charge in [-0.25, -0.2) is 0 Å². The predicted molar refractivity (Wildman–Crippen MR) is 91.2 cm³/mol. The van der Waals surface area contributed by atoms with E-state index in [0.29, 0.717) is 0 Å². The van der Waals surface area contributed by atoms with Crippen LogP contribution in [0.4, 0.5) is 5.69 Å². The van der Waals surface area contributed by atoms with Crippen LogP contribution in [0.3, 0.4) is 0 Å². The highest BCUT2D eigenvalue weighted by atomic mass is 16.5. The Morgan fingerprint density at radius 2 is 2.04 bits per heavy atom. The highest BCUT2D eigenvalue weighted by Gasteiger charge is 2.44. The first kappa shape index (κ1) is 15.0. The largest absolute Gasteiger partial charge is 0.488 e. The van der Waals surface area contributed by atoms with E-state index >= 15 is 0 Å². The number of hydrogen-bond donors (Lipinski definition) is 1. The normalized spacial score (nSPS) is 25.7. The number of carbonyl (C=O) groups is 1. The fourth-order valence-corrected chi connectivity index (χ4v) is 4.28. The maximum Gasteiger partial charge on any atom is 0.234 e. The zero-order chi connectivity index (χ0) is 16.2. The summed E-state index contributed by atoms with van der Waals surface area (Å²) in [6, 6.07) is 2.20. The summed E-state index contributed by atoms with van der Waals surface area (Å²) < 4.78 is 6.36. The summed E-state index contributed by atoms with van der Waals surface area (Å²) in [5.41, 5.74) is 3.95. The van der Waals surface area contributed by atoms with Crippen LogP contribution in [0.15, 0.2) is 6.07 Å². The van der Waals surface area contributed by atoms with Gasteiger partial charge in [0.1, 0.15) is 11.9 Å². The Morgan fingerprint density at radius 3 is 2.78 bits per heavy atom. The van der Waals surface area contributed by atoms with Crippen molar-refractivity contribution in [2.75, 3.05) is 25.0 Å². The highest BCUT2D eigenvalue weighted by Crippen LogP contribution is 2.49. The molecule has 0 aliphatic carbocycles. The number of amides is 1. The van der Waals surface area contributed by atoms with Crippen molar-refractivity contribution in [1.82, 2.24) is 4.90 Å². The zero-order valence-electron chi connectivity index (χ0n) is 14.4. The molecular weight excluding hydrogens is 288 g/mol. The van der Waals surface area contributed by atoms with Gasteiger partial charge < -0.3 is 10.1 Å².